The summed E-state index contributed by atoms with van der Waals surface area (Å²) in [5, 5.41) is 15.3. The van der Waals surface area contributed by atoms with E-state index in [0.29, 0.717) is 18.1 Å². The Morgan fingerprint density at radius 3 is 2.55 bits per heavy atom. The van der Waals surface area contributed by atoms with E-state index in [2.05, 4.69) is 15.5 Å². The largest absolute Gasteiger partial charge is 0.481 e. The van der Waals surface area contributed by atoms with Gasteiger partial charge in [0.2, 0.25) is 11.8 Å². The fraction of sp³-hybridized carbons (Fsp3) is 0.692. The van der Waals surface area contributed by atoms with Crippen molar-refractivity contribution < 1.29 is 19.2 Å². The van der Waals surface area contributed by atoms with Crippen LogP contribution in [0.15, 0.2) is 4.52 Å². The van der Waals surface area contributed by atoms with Gasteiger partial charge in [-0.05, 0) is 13.8 Å². The van der Waals surface area contributed by atoms with Crippen LogP contribution in [0.5, 0.6) is 0 Å². The third-order valence-corrected chi connectivity index (χ3v) is 2.87. The van der Waals surface area contributed by atoms with E-state index in [1.165, 1.54) is 0 Å². The molecular formula is C13H21N3O4. The van der Waals surface area contributed by atoms with Crippen molar-refractivity contribution in [3.63, 3.8) is 0 Å². The lowest BCUT2D eigenvalue weighted by Gasteiger charge is -2.19. The molecule has 1 heterocycles. The maximum atomic E-state index is 11.6. The van der Waals surface area contributed by atoms with Crippen molar-refractivity contribution in [1.82, 2.24) is 15.5 Å². The first-order chi connectivity index (χ1) is 9.22. The van der Waals surface area contributed by atoms with Gasteiger partial charge in [0.05, 0.1) is 5.41 Å². The van der Waals surface area contributed by atoms with E-state index in [9.17, 15) is 9.59 Å². The highest BCUT2D eigenvalue weighted by Gasteiger charge is 2.27. The number of hydrogen-bond donors (Lipinski definition) is 2. The first-order valence-electron chi connectivity index (χ1n) is 6.55. The van der Waals surface area contributed by atoms with Gasteiger partial charge in [0.15, 0.2) is 5.82 Å². The predicted octanol–water partition coefficient (Wildman–Crippen LogP) is 1.35. The van der Waals surface area contributed by atoms with Crippen LogP contribution in [0.4, 0.5) is 0 Å². The number of carbonyl (C=O) groups is 2. The standard InChI is InChI=1S/C13H21N3O4/c1-8(2)11-15-10(20-16-11)6-5-9(17)14-7-13(3,4)12(18)19/h8H,5-7H2,1-4H3,(H,14,17)(H,18,19). The topological polar surface area (TPSA) is 105 Å². The molecule has 0 aromatic carbocycles. The van der Waals surface area contributed by atoms with Crippen LogP contribution in [-0.2, 0) is 16.0 Å². The van der Waals surface area contributed by atoms with Gasteiger partial charge in [0, 0.05) is 25.3 Å². The molecule has 0 aliphatic rings. The van der Waals surface area contributed by atoms with Crippen molar-refractivity contribution in [2.75, 3.05) is 6.54 Å². The van der Waals surface area contributed by atoms with E-state index in [0.717, 1.165) is 0 Å². The number of nitrogens with zero attached hydrogens (tertiary/aromatic N) is 2. The molecule has 0 fully saturated rings. The van der Waals surface area contributed by atoms with Gasteiger partial charge < -0.3 is 14.9 Å². The monoisotopic (exact) mass is 283 g/mol. The number of aromatic nitrogens is 2. The molecule has 0 saturated carbocycles. The molecule has 0 spiro atoms. The van der Waals surface area contributed by atoms with Gasteiger partial charge >= 0.3 is 5.97 Å². The van der Waals surface area contributed by atoms with Gasteiger partial charge in [-0.15, -0.1) is 0 Å². The quantitative estimate of drug-likeness (QED) is 0.782. The SMILES string of the molecule is CC(C)c1noc(CCC(=O)NCC(C)(C)C(=O)O)n1. The van der Waals surface area contributed by atoms with Crippen molar-refractivity contribution in [2.45, 2.75) is 46.5 Å². The second-order valence-electron chi connectivity index (χ2n) is 5.67. The van der Waals surface area contributed by atoms with Crippen LogP contribution in [0.2, 0.25) is 0 Å². The molecule has 0 saturated heterocycles. The van der Waals surface area contributed by atoms with Crippen LogP contribution >= 0.6 is 0 Å². The van der Waals surface area contributed by atoms with Crippen molar-refractivity contribution in [3.05, 3.63) is 11.7 Å². The Hall–Kier alpha value is -1.92. The Kier molecular flexibility index (Phi) is 5.24. The number of aliphatic carboxylic acids is 1. The summed E-state index contributed by atoms with van der Waals surface area (Å²) in [5.41, 5.74) is -0.981. The van der Waals surface area contributed by atoms with Crippen LogP contribution in [0.25, 0.3) is 0 Å². The Morgan fingerprint density at radius 1 is 1.40 bits per heavy atom. The van der Waals surface area contributed by atoms with E-state index in [-0.39, 0.29) is 24.8 Å². The summed E-state index contributed by atoms with van der Waals surface area (Å²) in [6.07, 6.45) is 0.536. The fourth-order valence-electron chi connectivity index (χ4n) is 1.31. The maximum Gasteiger partial charge on any atom is 0.310 e. The highest BCUT2D eigenvalue weighted by atomic mass is 16.5. The summed E-state index contributed by atoms with van der Waals surface area (Å²) < 4.78 is 5.02. The van der Waals surface area contributed by atoms with E-state index in [1.807, 2.05) is 13.8 Å². The number of hydrogen-bond acceptors (Lipinski definition) is 5. The molecular weight excluding hydrogens is 262 g/mol. The van der Waals surface area contributed by atoms with Gasteiger partial charge in [0.1, 0.15) is 0 Å². The summed E-state index contributed by atoms with van der Waals surface area (Å²) in [5.74, 6) is 0.0337. The number of rotatable bonds is 7. The third kappa shape index (κ3) is 4.64. The Labute approximate surface area is 117 Å². The second-order valence-corrected chi connectivity index (χ2v) is 5.67. The lowest BCUT2D eigenvalue weighted by Crippen LogP contribution is -2.38. The predicted molar refractivity (Wildman–Crippen MR) is 71.1 cm³/mol. The number of carboxylic acid groups (broad SMARTS) is 1. The maximum absolute atomic E-state index is 11.6. The van der Waals surface area contributed by atoms with Gasteiger partial charge in [-0.2, -0.15) is 4.98 Å². The molecule has 0 aliphatic heterocycles. The molecule has 0 atom stereocenters. The Bertz CT molecular complexity index is 480. The molecule has 1 aromatic rings. The number of aryl methyl sites for hydroxylation is 1. The molecule has 0 radical (unpaired) electrons. The zero-order valence-corrected chi connectivity index (χ0v) is 12.3. The fourth-order valence-corrected chi connectivity index (χ4v) is 1.31. The summed E-state index contributed by atoms with van der Waals surface area (Å²) in [7, 11) is 0. The van der Waals surface area contributed by atoms with Crippen LogP contribution < -0.4 is 5.32 Å². The number of carbonyl (C=O) groups excluding carboxylic acids is 1. The van der Waals surface area contributed by atoms with Crippen LogP contribution in [-0.4, -0.2) is 33.7 Å². The molecule has 7 nitrogen and oxygen atoms in total. The molecule has 0 aliphatic carbocycles. The van der Waals surface area contributed by atoms with Crippen LogP contribution in [0.1, 0.15) is 51.7 Å². The smallest absolute Gasteiger partial charge is 0.310 e. The van der Waals surface area contributed by atoms with E-state index < -0.39 is 11.4 Å². The molecule has 1 amide bonds. The molecule has 20 heavy (non-hydrogen) atoms. The number of nitrogens with one attached hydrogen (secondary N) is 1. The Balaban J connectivity index is 2.38. The molecule has 2 N–H and O–H groups in total. The number of amides is 1. The zero-order chi connectivity index (χ0) is 15.3. The average Bonchev–Trinajstić information content (AvgIpc) is 2.82. The second kappa shape index (κ2) is 6.49. The van der Waals surface area contributed by atoms with E-state index in [1.54, 1.807) is 13.8 Å². The normalized spacial score (nSPS) is 11.7. The highest BCUT2D eigenvalue weighted by molar-refractivity contribution is 5.78. The van der Waals surface area contributed by atoms with Crippen molar-refractivity contribution in [1.29, 1.82) is 0 Å². The molecule has 7 heteroatoms. The van der Waals surface area contributed by atoms with Crippen LogP contribution in [0, 0.1) is 5.41 Å². The van der Waals surface area contributed by atoms with Crippen molar-refractivity contribution >= 4 is 11.9 Å². The first kappa shape index (κ1) is 16.1. The summed E-state index contributed by atoms with van der Waals surface area (Å²) >= 11 is 0. The minimum absolute atomic E-state index is 0.0856. The summed E-state index contributed by atoms with van der Waals surface area (Å²) in [6, 6.07) is 0. The molecule has 0 unspecified atom stereocenters. The highest BCUT2D eigenvalue weighted by Crippen LogP contribution is 2.13. The summed E-state index contributed by atoms with van der Waals surface area (Å²) in [6.45, 7) is 7.11. The molecule has 1 rings (SSSR count). The minimum atomic E-state index is -0.981. The lowest BCUT2D eigenvalue weighted by atomic mass is 9.94. The average molecular weight is 283 g/mol. The molecule has 0 bridgehead atoms. The molecule has 1 aromatic heterocycles. The third-order valence-electron chi connectivity index (χ3n) is 2.87. The minimum Gasteiger partial charge on any atom is -0.481 e. The van der Waals surface area contributed by atoms with Crippen molar-refractivity contribution in [3.8, 4) is 0 Å². The van der Waals surface area contributed by atoms with Crippen LogP contribution in [0.3, 0.4) is 0 Å². The number of carboxylic acids is 1. The van der Waals surface area contributed by atoms with Gasteiger partial charge in [0.25, 0.3) is 0 Å². The van der Waals surface area contributed by atoms with Crippen molar-refractivity contribution in [2.24, 2.45) is 5.41 Å². The van der Waals surface area contributed by atoms with E-state index in [4.69, 9.17) is 9.63 Å². The van der Waals surface area contributed by atoms with Gasteiger partial charge in [-0.1, -0.05) is 19.0 Å². The Morgan fingerprint density at radius 2 is 2.05 bits per heavy atom. The van der Waals surface area contributed by atoms with Gasteiger partial charge in [-0.3, -0.25) is 9.59 Å². The lowest BCUT2D eigenvalue weighted by molar-refractivity contribution is -0.146. The van der Waals surface area contributed by atoms with Gasteiger partial charge in [-0.25, -0.2) is 0 Å². The summed E-state index contributed by atoms with van der Waals surface area (Å²) in [4.78, 5) is 26.7. The zero-order valence-electron chi connectivity index (χ0n) is 12.3. The molecule has 112 valence electrons. The first-order valence-corrected chi connectivity index (χ1v) is 6.55. The van der Waals surface area contributed by atoms with E-state index >= 15 is 0 Å².